The lowest BCUT2D eigenvalue weighted by atomic mass is 10.1. The molecule has 0 unspecified atom stereocenters. The second kappa shape index (κ2) is 8.06. The standard InChI is InChI=1S/C21H27N5O/c1-17-4-6-18(7-5-17)19-16-22-20-8-9-21(23-26(19)20)27-15-3-10-25-13-11-24(2)12-14-25/h4-9,16H,3,10-15H2,1-2H3. The largest absolute Gasteiger partial charge is 0.477 e. The normalized spacial score (nSPS) is 16.1. The maximum Gasteiger partial charge on any atom is 0.231 e. The van der Waals surface area contributed by atoms with Crippen LogP contribution in [0.5, 0.6) is 5.88 Å². The predicted octanol–water partition coefficient (Wildman–Crippen LogP) is 2.72. The van der Waals surface area contributed by atoms with Crippen LogP contribution in [-0.4, -0.2) is 70.8 Å². The third kappa shape index (κ3) is 4.28. The van der Waals surface area contributed by atoms with E-state index in [1.807, 2.05) is 22.8 Å². The van der Waals surface area contributed by atoms with Gasteiger partial charge in [-0.15, -0.1) is 5.10 Å². The van der Waals surface area contributed by atoms with E-state index in [-0.39, 0.29) is 0 Å². The molecule has 3 aromatic rings. The van der Waals surface area contributed by atoms with Crippen LogP contribution in [-0.2, 0) is 0 Å². The molecule has 142 valence electrons. The highest BCUT2D eigenvalue weighted by atomic mass is 16.5. The SMILES string of the molecule is Cc1ccc(-c2cnc3ccc(OCCCN4CCN(C)CC4)nn23)cc1. The highest BCUT2D eigenvalue weighted by molar-refractivity contribution is 5.63. The van der Waals surface area contributed by atoms with E-state index >= 15 is 0 Å². The Morgan fingerprint density at radius 2 is 1.78 bits per heavy atom. The molecule has 0 saturated carbocycles. The van der Waals surface area contributed by atoms with Crippen molar-refractivity contribution in [1.29, 1.82) is 0 Å². The summed E-state index contributed by atoms with van der Waals surface area (Å²) >= 11 is 0. The Morgan fingerprint density at radius 1 is 1.00 bits per heavy atom. The van der Waals surface area contributed by atoms with Crippen LogP contribution in [0.25, 0.3) is 16.9 Å². The number of benzene rings is 1. The zero-order valence-electron chi connectivity index (χ0n) is 16.1. The fraction of sp³-hybridized carbons (Fsp3) is 0.429. The van der Waals surface area contributed by atoms with Crippen molar-refractivity contribution in [3.8, 4) is 17.1 Å². The van der Waals surface area contributed by atoms with Crippen LogP contribution in [0, 0.1) is 6.92 Å². The molecule has 1 aliphatic rings. The summed E-state index contributed by atoms with van der Waals surface area (Å²) in [6.45, 7) is 8.45. The minimum atomic E-state index is 0.646. The van der Waals surface area contributed by atoms with Crippen molar-refractivity contribution in [2.75, 3.05) is 46.4 Å². The zero-order valence-corrected chi connectivity index (χ0v) is 16.1. The van der Waals surface area contributed by atoms with Gasteiger partial charge in [-0.1, -0.05) is 29.8 Å². The number of piperazine rings is 1. The molecule has 2 aromatic heterocycles. The average molecular weight is 365 g/mol. The number of hydrogen-bond donors (Lipinski definition) is 0. The second-order valence-corrected chi connectivity index (χ2v) is 7.30. The highest BCUT2D eigenvalue weighted by Gasteiger charge is 2.13. The summed E-state index contributed by atoms with van der Waals surface area (Å²) in [4.78, 5) is 9.34. The van der Waals surface area contributed by atoms with Gasteiger partial charge < -0.3 is 14.5 Å². The summed E-state index contributed by atoms with van der Waals surface area (Å²) in [5.41, 5.74) is 4.15. The summed E-state index contributed by atoms with van der Waals surface area (Å²) in [6.07, 6.45) is 2.88. The van der Waals surface area contributed by atoms with E-state index in [0.29, 0.717) is 12.5 Å². The van der Waals surface area contributed by atoms with Gasteiger partial charge in [-0.3, -0.25) is 0 Å². The summed E-state index contributed by atoms with van der Waals surface area (Å²) in [7, 11) is 2.18. The van der Waals surface area contributed by atoms with Crippen LogP contribution < -0.4 is 4.74 Å². The molecule has 0 amide bonds. The maximum atomic E-state index is 5.91. The van der Waals surface area contributed by atoms with Crippen molar-refractivity contribution in [3.63, 3.8) is 0 Å². The minimum absolute atomic E-state index is 0.646. The van der Waals surface area contributed by atoms with Crippen molar-refractivity contribution in [3.05, 3.63) is 48.2 Å². The summed E-state index contributed by atoms with van der Waals surface area (Å²) in [5.74, 6) is 0.646. The van der Waals surface area contributed by atoms with Gasteiger partial charge in [0, 0.05) is 44.4 Å². The Bertz CT molecular complexity index is 881. The molecule has 0 aliphatic carbocycles. The van der Waals surface area contributed by atoms with Gasteiger partial charge >= 0.3 is 0 Å². The van der Waals surface area contributed by atoms with Gasteiger partial charge in [-0.25, -0.2) is 9.50 Å². The first-order valence-corrected chi connectivity index (χ1v) is 9.64. The van der Waals surface area contributed by atoms with E-state index in [1.54, 1.807) is 0 Å². The highest BCUT2D eigenvalue weighted by Crippen LogP contribution is 2.21. The Hall–Kier alpha value is -2.44. The molecule has 3 heterocycles. The number of ether oxygens (including phenoxy) is 1. The van der Waals surface area contributed by atoms with E-state index < -0.39 is 0 Å². The van der Waals surface area contributed by atoms with E-state index in [0.717, 1.165) is 56.0 Å². The maximum absolute atomic E-state index is 5.91. The van der Waals surface area contributed by atoms with Gasteiger partial charge in [-0.05, 0) is 26.5 Å². The number of aromatic nitrogens is 3. The number of likely N-dealkylation sites (N-methyl/N-ethyl adjacent to an activating group) is 1. The van der Waals surface area contributed by atoms with Gasteiger partial charge in [0.05, 0.1) is 18.5 Å². The average Bonchev–Trinajstić information content (AvgIpc) is 3.10. The lowest BCUT2D eigenvalue weighted by molar-refractivity contribution is 0.145. The number of nitrogens with zero attached hydrogens (tertiary/aromatic N) is 5. The first-order valence-electron chi connectivity index (χ1n) is 9.64. The van der Waals surface area contributed by atoms with Gasteiger partial charge in [0.25, 0.3) is 0 Å². The Labute approximate surface area is 160 Å². The quantitative estimate of drug-likeness (QED) is 0.629. The second-order valence-electron chi connectivity index (χ2n) is 7.30. The first-order chi connectivity index (χ1) is 13.2. The van der Waals surface area contributed by atoms with Crippen LogP contribution in [0.3, 0.4) is 0 Å². The molecule has 27 heavy (non-hydrogen) atoms. The number of imidazole rings is 1. The molecular weight excluding hydrogens is 338 g/mol. The van der Waals surface area contributed by atoms with E-state index in [1.165, 1.54) is 5.56 Å². The predicted molar refractivity (Wildman–Crippen MR) is 107 cm³/mol. The van der Waals surface area contributed by atoms with Gasteiger partial charge in [0.15, 0.2) is 5.65 Å². The van der Waals surface area contributed by atoms with Crippen LogP contribution in [0.4, 0.5) is 0 Å². The van der Waals surface area contributed by atoms with Crippen molar-refractivity contribution < 1.29 is 4.74 Å². The molecule has 0 atom stereocenters. The molecule has 0 N–H and O–H groups in total. The van der Waals surface area contributed by atoms with Gasteiger partial charge in [0.1, 0.15) is 0 Å². The van der Waals surface area contributed by atoms with Gasteiger partial charge in [0.2, 0.25) is 5.88 Å². The summed E-state index contributed by atoms with van der Waals surface area (Å²) in [6, 6.07) is 12.3. The van der Waals surface area contributed by atoms with Crippen molar-refractivity contribution in [1.82, 2.24) is 24.4 Å². The fourth-order valence-corrected chi connectivity index (χ4v) is 3.39. The molecule has 1 aliphatic heterocycles. The molecule has 1 fully saturated rings. The molecule has 6 heteroatoms. The number of aryl methyl sites for hydroxylation is 1. The molecular formula is C21H27N5O. The third-order valence-electron chi connectivity index (χ3n) is 5.15. The lowest BCUT2D eigenvalue weighted by Crippen LogP contribution is -2.44. The molecule has 0 bridgehead atoms. The molecule has 1 aromatic carbocycles. The minimum Gasteiger partial charge on any atom is -0.477 e. The number of rotatable bonds is 6. The van der Waals surface area contributed by atoms with Crippen molar-refractivity contribution in [2.24, 2.45) is 0 Å². The Balaban J connectivity index is 1.38. The van der Waals surface area contributed by atoms with Crippen LogP contribution in [0.15, 0.2) is 42.6 Å². The molecule has 1 saturated heterocycles. The first kappa shape index (κ1) is 17.9. The Kier molecular flexibility index (Phi) is 5.36. The van der Waals surface area contributed by atoms with Crippen LogP contribution in [0.2, 0.25) is 0 Å². The molecule has 0 radical (unpaired) electrons. The third-order valence-corrected chi connectivity index (χ3v) is 5.15. The van der Waals surface area contributed by atoms with Gasteiger partial charge in [-0.2, -0.15) is 0 Å². The van der Waals surface area contributed by atoms with Crippen LogP contribution >= 0.6 is 0 Å². The lowest BCUT2D eigenvalue weighted by Gasteiger charge is -2.32. The summed E-state index contributed by atoms with van der Waals surface area (Å²) in [5, 5.41) is 4.64. The zero-order chi connectivity index (χ0) is 18.6. The van der Waals surface area contributed by atoms with E-state index in [9.17, 15) is 0 Å². The van der Waals surface area contributed by atoms with Crippen LogP contribution in [0.1, 0.15) is 12.0 Å². The van der Waals surface area contributed by atoms with E-state index in [2.05, 4.69) is 58.1 Å². The fourth-order valence-electron chi connectivity index (χ4n) is 3.39. The molecule has 4 rings (SSSR count). The molecule has 0 spiro atoms. The number of fused-ring (bicyclic) bond motifs is 1. The Morgan fingerprint density at radius 3 is 2.56 bits per heavy atom. The monoisotopic (exact) mass is 365 g/mol. The topological polar surface area (TPSA) is 45.9 Å². The summed E-state index contributed by atoms with van der Waals surface area (Å²) < 4.78 is 7.77. The van der Waals surface area contributed by atoms with Crippen molar-refractivity contribution in [2.45, 2.75) is 13.3 Å². The van der Waals surface area contributed by atoms with E-state index in [4.69, 9.17) is 4.74 Å². The number of hydrogen-bond acceptors (Lipinski definition) is 5. The smallest absolute Gasteiger partial charge is 0.231 e. The van der Waals surface area contributed by atoms with Crippen molar-refractivity contribution >= 4 is 5.65 Å². The molecule has 6 nitrogen and oxygen atoms in total.